The fourth-order valence-electron chi connectivity index (χ4n) is 2.42. The molecule has 5 heteroatoms. The molecule has 5 nitrogen and oxygen atoms in total. The van der Waals surface area contributed by atoms with E-state index >= 15 is 0 Å². The van der Waals surface area contributed by atoms with E-state index in [2.05, 4.69) is 22.3 Å². The van der Waals surface area contributed by atoms with Crippen molar-refractivity contribution >= 4 is 11.6 Å². The maximum atomic E-state index is 12.4. The van der Waals surface area contributed by atoms with Gasteiger partial charge in [-0.05, 0) is 24.5 Å². The maximum Gasteiger partial charge on any atom is 0.276 e. The molecule has 1 aromatic carbocycles. The Kier molecular flexibility index (Phi) is 2.74. The van der Waals surface area contributed by atoms with Crippen molar-refractivity contribution in [1.29, 1.82) is 0 Å². The molecular formula is C14H16N4O. The lowest BCUT2D eigenvalue weighted by atomic mass is 10.00. The third kappa shape index (κ3) is 1.97. The topological polar surface area (TPSA) is 75.0 Å². The summed E-state index contributed by atoms with van der Waals surface area (Å²) in [6.45, 7) is 3.15. The van der Waals surface area contributed by atoms with Gasteiger partial charge in [0, 0.05) is 13.1 Å². The number of nitrogens with one attached hydrogen (secondary N) is 1. The van der Waals surface area contributed by atoms with Gasteiger partial charge < -0.3 is 10.6 Å². The van der Waals surface area contributed by atoms with Crippen molar-refractivity contribution in [1.82, 2.24) is 15.1 Å². The fraction of sp³-hybridized carbons (Fsp3) is 0.286. The van der Waals surface area contributed by atoms with Crippen LogP contribution < -0.4 is 5.73 Å². The summed E-state index contributed by atoms with van der Waals surface area (Å²) in [5, 5.41) is 6.76. The highest BCUT2D eigenvalue weighted by Gasteiger charge is 2.25. The Hall–Kier alpha value is -2.30. The number of hydrogen-bond acceptors (Lipinski definition) is 3. The van der Waals surface area contributed by atoms with E-state index in [1.54, 1.807) is 4.90 Å². The first-order valence-corrected chi connectivity index (χ1v) is 6.33. The molecule has 0 fully saturated rings. The smallest absolute Gasteiger partial charge is 0.276 e. The van der Waals surface area contributed by atoms with Crippen LogP contribution in [0.5, 0.6) is 0 Å². The molecule has 0 atom stereocenters. The van der Waals surface area contributed by atoms with Crippen LogP contribution in [0, 0.1) is 6.92 Å². The Bertz CT molecular complexity index is 632. The molecule has 1 amide bonds. The molecular weight excluding hydrogens is 240 g/mol. The molecule has 0 spiro atoms. The molecule has 2 aromatic rings. The minimum Gasteiger partial charge on any atom is -0.395 e. The summed E-state index contributed by atoms with van der Waals surface area (Å²) < 4.78 is 0. The van der Waals surface area contributed by atoms with Gasteiger partial charge in [-0.15, -0.1) is 0 Å². The number of aromatic nitrogens is 2. The molecule has 19 heavy (non-hydrogen) atoms. The summed E-state index contributed by atoms with van der Waals surface area (Å²) in [5.74, 6) is -0.101. The van der Waals surface area contributed by atoms with Gasteiger partial charge >= 0.3 is 0 Å². The number of amides is 1. The number of carbonyl (C=O) groups is 1. The Morgan fingerprint density at radius 2 is 2.11 bits per heavy atom. The zero-order valence-corrected chi connectivity index (χ0v) is 10.8. The number of hydrogen-bond donors (Lipinski definition) is 2. The second-order valence-electron chi connectivity index (χ2n) is 4.86. The van der Waals surface area contributed by atoms with Crippen LogP contribution in [0.2, 0.25) is 0 Å². The predicted octanol–water partition coefficient (Wildman–Crippen LogP) is 1.50. The third-order valence-electron chi connectivity index (χ3n) is 3.61. The first-order chi connectivity index (χ1) is 9.16. The van der Waals surface area contributed by atoms with Crippen molar-refractivity contribution in [3.05, 3.63) is 46.8 Å². The number of rotatable bonds is 1. The van der Waals surface area contributed by atoms with Crippen LogP contribution in [-0.2, 0) is 13.0 Å². The van der Waals surface area contributed by atoms with Gasteiger partial charge in [0.05, 0.1) is 11.4 Å². The van der Waals surface area contributed by atoms with E-state index in [-0.39, 0.29) is 5.91 Å². The van der Waals surface area contributed by atoms with Crippen molar-refractivity contribution in [3.63, 3.8) is 0 Å². The van der Waals surface area contributed by atoms with E-state index in [1.807, 2.05) is 19.1 Å². The Balaban J connectivity index is 1.85. The van der Waals surface area contributed by atoms with Crippen molar-refractivity contribution < 1.29 is 4.79 Å². The van der Waals surface area contributed by atoms with Gasteiger partial charge in [0.1, 0.15) is 0 Å². The summed E-state index contributed by atoms with van der Waals surface area (Å²) in [6, 6.07) is 8.21. The van der Waals surface area contributed by atoms with Gasteiger partial charge in [-0.25, -0.2) is 0 Å². The monoisotopic (exact) mass is 256 g/mol. The number of nitrogens with two attached hydrogens (primary N) is 1. The molecule has 0 saturated heterocycles. The molecule has 1 aromatic heterocycles. The molecule has 3 rings (SSSR count). The minimum absolute atomic E-state index is 0.101. The van der Waals surface area contributed by atoms with Crippen LogP contribution in [0.4, 0.5) is 5.69 Å². The van der Waals surface area contributed by atoms with Gasteiger partial charge in [-0.1, -0.05) is 24.3 Å². The van der Waals surface area contributed by atoms with E-state index in [0.29, 0.717) is 24.5 Å². The molecule has 3 N–H and O–H groups in total. The number of H-pyrrole nitrogens is 1. The first-order valence-electron chi connectivity index (χ1n) is 6.33. The number of carbonyl (C=O) groups excluding carboxylic acids is 1. The molecule has 0 saturated carbocycles. The normalized spacial score (nSPS) is 14.3. The second-order valence-corrected chi connectivity index (χ2v) is 4.86. The summed E-state index contributed by atoms with van der Waals surface area (Å²) in [7, 11) is 0. The number of anilines is 1. The van der Waals surface area contributed by atoms with Crippen molar-refractivity contribution in [2.75, 3.05) is 12.3 Å². The maximum absolute atomic E-state index is 12.4. The van der Waals surface area contributed by atoms with Crippen LogP contribution in [-0.4, -0.2) is 27.5 Å². The number of nitrogens with zero attached hydrogens (tertiary/aromatic N) is 2. The van der Waals surface area contributed by atoms with Crippen LogP contribution in [0.3, 0.4) is 0 Å². The highest BCUT2D eigenvalue weighted by molar-refractivity contribution is 5.97. The van der Waals surface area contributed by atoms with Crippen molar-refractivity contribution in [2.45, 2.75) is 19.9 Å². The van der Waals surface area contributed by atoms with Crippen molar-refractivity contribution in [3.8, 4) is 0 Å². The number of benzene rings is 1. The second kappa shape index (κ2) is 4.42. The standard InChI is InChI=1S/C14H16N4O/c1-9-12(15)13(17-16-9)14(19)18-7-6-10-4-2-3-5-11(10)8-18/h2-5H,6-8,15H2,1H3,(H,16,17). The summed E-state index contributed by atoms with van der Waals surface area (Å²) in [6.07, 6.45) is 0.880. The SMILES string of the molecule is Cc1[nH]nc(C(=O)N2CCc3ccccc3C2)c1N. The van der Waals surface area contributed by atoms with Gasteiger partial charge in [0.2, 0.25) is 0 Å². The lowest BCUT2D eigenvalue weighted by Crippen LogP contribution is -2.36. The van der Waals surface area contributed by atoms with Crippen LogP contribution in [0.1, 0.15) is 27.3 Å². The minimum atomic E-state index is -0.101. The largest absolute Gasteiger partial charge is 0.395 e. The van der Waals surface area contributed by atoms with Gasteiger partial charge in [0.25, 0.3) is 5.91 Å². The van der Waals surface area contributed by atoms with Gasteiger partial charge in [-0.3, -0.25) is 9.89 Å². The van der Waals surface area contributed by atoms with E-state index in [9.17, 15) is 4.79 Å². The molecule has 0 bridgehead atoms. The summed E-state index contributed by atoms with van der Waals surface area (Å²) >= 11 is 0. The molecule has 0 unspecified atom stereocenters. The Labute approximate surface area is 111 Å². The molecule has 0 aliphatic carbocycles. The highest BCUT2D eigenvalue weighted by Crippen LogP contribution is 2.22. The van der Waals surface area contributed by atoms with E-state index in [1.165, 1.54) is 11.1 Å². The lowest BCUT2D eigenvalue weighted by molar-refractivity contribution is 0.0730. The van der Waals surface area contributed by atoms with Crippen LogP contribution in [0.15, 0.2) is 24.3 Å². The van der Waals surface area contributed by atoms with Gasteiger partial charge in [-0.2, -0.15) is 5.10 Å². The van der Waals surface area contributed by atoms with E-state index in [4.69, 9.17) is 5.73 Å². The average Bonchev–Trinajstić information content (AvgIpc) is 2.78. The molecule has 1 aliphatic rings. The highest BCUT2D eigenvalue weighted by atomic mass is 16.2. The lowest BCUT2D eigenvalue weighted by Gasteiger charge is -2.28. The van der Waals surface area contributed by atoms with E-state index < -0.39 is 0 Å². The zero-order chi connectivity index (χ0) is 13.4. The van der Waals surface area contributed by atoms with Crippen LogP contribution in [0.25, 0.3) is 0 Å². The molecule has 2 heterocycles. The Morgan fingerprint density at radius 1 is 1.37 bits per heavy atom. The summed E-state index contributed by atoms with van der Waals surface area (Å²) in [4.78, 5) is 14.2. The number of aryl methyl sites for hydroxylation is 1. The number of fused-ring (bicyclic) bond motifs is 1. The quantitative estimate of drug-likeness (QED) is 0.812. The van der Waals surface area contributed by atoms with Gasteiger partial charge in [0.15, 0.2) is 5.69 Å². The molecule has 1 aliphatic heterocycles. The fourth-order valence-corrected chi connectivity index (χ4v) is 2.42. The molecule has 98 valence electrons. The predicted molar refractivity (Wildman–Crippen MR) is 72.6 cm³/mol. The number of nitrogen functional groups attached to an aromatic ring is 1. The zero-order valence-electron chi connectivity index (χ0n) is 10.8. The van der Waals surface area contributed by atoms with Crippen molar-refractivity contribution in [2.24, 2.45) is 0 Å². The summed E-state index contributed by atoms with van der Waals surface area (Å²) in [5.41, 5.74) is 9.90. The van der Waals surface area contributed by atoms with E-state index in [0.717, 1.165) is 12.1 Å². The Morgan fingerprint density at radius 3 is 2.79 bits per heavy atom. The average molecular weight is 256 g/mol. The first kappa shape index (κ1) is 11.8. The number of aromatic amines is 1. The molecule has 0 radical (unpaired) electrons. The third-order valence-corrected chi connectivity index (χ3v) is 3.61. The van der Waals surface area contributed by atoms with Crippen LogP contribution >= 0.6 is 0 Å².